The van der Waals surface area contributed by atoms with Crippen molar-refractivity contribution >= 4 is 0 Å². The van der Waals surface area contributed by atoms with Crippen LogP contribution in [0.4, 0.5) is 4.39 Å². The van der Waals surface area contributed by atoms with E-state index in [1.54, 1.807) is 0 Å². The van der Waals surface area contributed by atoms with E-state index in [1.807, 2.05) is 24.3 Å². The fraction of sp³-hybridized carbons (Fsp3) is 0.294. The summed E-state index contributed by atoms with van der Waals surface area (Å²) >= 11 is 0. The third kappa shape index (κ3) is 3.89. The van der Waals surface area contributed by atoms with Crippen LogP contribution in [-0.4, -0.2) is 11.4 Å². The molecule has 0 aliphatic carbocycles. The molecule has 2 aromatic rings. The normalized spacial score (nSPS) is 11.0. The highest BCUT2D eigenvalue weighted by atomic mass is 19.1. The predicted octanol–water partition coefficient (Wildman–Crippen LogP) is 3.31. The van der Waals surface area contributed by atoms with Gasteiger partial charge in [0.2, 0.25) is 0 Å². The Morgan fingerprint density at radius 1 is 1.00 bits per heavy atom. The fourth-order valence-electron chi connectivity index (χ4n) is 2.30. The molecule has 0 fully saturated rings. The molecule has 0 radical (unpaired) electrons. The Balaban J connectivity index is 2.10. The molecule has 0 saturated heterocycles. The quantitative estimate of drug-likeness (QED) is 0.874. The molecular weight excluding hydrogens is 251 g/mol. The van der Waals surface area contributed by atoms with Crippen molar-refractivity contribution in [3.8, 4) is 0 Å². The summed E-state index contributed by atoms with van der Waals surface area (Å²) in [5, 5.41) is 0. The van der Waals surface area contributed by atoms with Gasteiger partial charge in [-0.2, -0.15) is 0 Å². The minimum absolute atomic E-state index is 0.222. The van der Waals surface area contributed by atoms with Gasteiger partial charge in [0.05, 0.1) is 0 Å². The second kappa shape index (κ2) is 7.17. The van der Waals surface area contributed by atoms with Gasteiger partial charge < -0.3 is 5.73 Å². The van der Waals surface area contributed by atoms with Crippen LogP contribution in [0, 0.1) is 5.82 Å². The summed E-state index contributed by atoms with van der Waals surface area (Å²) in [7, 11) is 0. The van der Waals surface area contributed by atoms with Crippen LogP contribution in [0.2, 0.25) is 0 Å². The molecule has 106 valence electrons. The first kappa shape index (κ1) is 14.7. The van der Waals surface area contributed by atoms with Gasteiger partial charge in [0.1, 0.15) is 5.82 Å². The Morgan fingerprint density at radius 2 is 1.75 bits per heavy atom. The van der Waals surface area contributed by atoms with Crippen molar-refractivity contribution in [2.75, 3.05) is 6.54 Å². The van der Waals surface area contributed by atoms with E-state index in [9.17, 15) is 4.39 Å². The first-order chi connectivity index (χ1) is 9.72. The minimum atomic E-state index is -0.222. The maximum atomic E-state index is 13.2. The third-order valence-electron chi connectivity index (χ3n) is 3.48. The number of benzene rings is 2. The van der Waals surface area contributed by atoms with Gasteiger partial charge in [-0.15, -0.1) is 0 Å². The van der Waals surface area contributed by atoms with E-state index in [1.165, 1.54) is 17.7 Å². The smallest absolute Gasteiger partial charge is 0.123 e. The fourth-order valence-corrected chi connectivity index (χ4v) is 2.30. The van der Waals surface area contributed by atoms with Crippen LogP contribution in [0.5, 0.6) is 0 Å². The van der Waals surface area contributed by atoms with E-state index in [0.29, 0.717) is 6.54 Å². The van der Waals surface area contributed by atoms with Crippen LogP contribution < -0.4 is 5.73 Å². The highest BCUT2D eigenvalue weighted by Gasteiger charge is 2.08. The van der Waals surface area contributed by atoms with Crippen LogP contribution in [0.3, 0.4) is 0 Å². The molecular formula is C17H21FN2. The van der Waals surface area contributed by atoms with E-state index in [0.717, 1.165) is 30.8 Å². The Kier molecular flexibility index (Phi) is 5.27. The van der Waals surface area contributed by atoms with Crippen LogP contribution >= 0.6 is 0 Å². The molecule has 0 aliphatic rings. The summed E-state index contributed by atoms with van der Waals surface area (Å²) < 4.78 is 13.2. The lowest BCUT2D eigenvalue weighted by Gasteiger charge is -2.22. The number of rotatable bonds is 6. The lowest BCUT2D eigenvalue weighted by molar-refractivity contribution is 0.270. The molecule has 0 unspecified atom stereocenters. The number of halogens is 1. The molecule has 0 spiro atoms. The molecule has 0 amide bonds. The van der Waals surface area contributed by atoms with Crippen molar-refractivity contribution in [1.82, 2.24) is 4.90 Å². The van der Waals surface area contributed by atoms with Crippen LogP contribution in [0.15, 0.2) is 48.5 Å². The summed E-state index contributed by atoms with van der Waals surface area (Å²) in [5.41, 5.74) is 8.98. The van der Waals surface area contributed by atoms with Crippen molar-refractivity contribution in [3.63, 3.8) is 0 Å². The molecule has 3 heteroatoms. The summed E-state index contributed by atoms with van der Waals surface area (Å²) in [6.07, 6.45) is 0. The van der Waals surface area contributed by atoms with Crippen LogP contribution in [-0.2, 0) is 19.6 Å². The summed E-state index contributed by atoms with van der Waals surface area (Å²) in [5.74, 6) is -0.222. The van der Waals surface area contributed by atoms with E-state index in [4.69, 9.17) is 5.73 Å². The van der Waals surface area contributed by atoms with Gasteiger partial charge in [0.15, 0.2) is 0 Å². The Bertz CT molecular complexity index is 540. The number of nitrogens with two attached hydrogens (primary N) is 1. The molecule has 2 rings (SSSR count). The maximum Gasteiger partial charge on any atom is 0.123 e. The monoisotopic (exact) mass is 272 g/mol. The number of hydrogen-bond donors (Lipinski definition) is 1. The highest BCUT2D eigenvalue weighted by molar-refractivity contribution is 5.28. The van der Waals surface area contributed by atoms with E-state index >= 15 is 0 Å². The summed E-state index contributed by atoms with van der Waals surface area (Å²) in [4.78, 5) is 2.32. The lowest BCUT2D eigenvalue weighted by Crippen LogP contribution is -2.23. The second-order valence-electron chi connectivity index (χ2n) is 4.91. The molecule has 2 aromatic carbocycles. The van der Waals surface area contributed by atoms with Gasteiger partial charge in [0, 0.05) is 19.6 Å². The van der Waals surface area contributed by atoms with Crippen LogP contribution in [0.25, 0.3) is 0 Å². The van der Waals surface area contributed by atoms with Gasteiger partial charge >= 0.3 is 0 Å². The van der Waals surface area contributed by atoms with Gasteiger partial charge in [-0.05, 0) is 35.4 Å². The predicted molar refractivity (Wildman–Crippen MR) is 80.5 cm³/mol. The Hall–Kier alpha value is -1.71. The SMILES string of the molecule is CCN(Cc1ccccc1)Cc1ccc(F)cc1CN. The van der Waals surface area contributed by atoms with E-state index in [-0.39, 0.29) is 5.82 Å². The highest BCUT2D eigenvalue weighted by Crippen LogP contribution is 2.15. The van der Waals surface area contributed by atoms with Crippen molar-refractivity contribution in [3.05, 3.63) is 71.0 Å². The second-order valence-corrected chi connectivity index (χ2v) is 4.91. The zero-order valence-electron chi connectivity index (χ0n) is 11.8. The molecule has 0 aliphatic heterocycles. The largest absolute Gasteiger partial charge is 0.326 e. The first-order valence-electron chi connectivity index (χ1n) is 6.96. The Labute approximate surface area is 120 Å². The van der Waals surface area contributed by atoms with Crippen molar-refractivity contribution < 1.29 is 4.39 Å². The maximum absolute atomic E-state index is 13.2. The topological polar surface area (TPSA) is 29.3 Å². The number of nitrogens with zero attached hydrogens (tertiary/aromatic N) is 1. The van der Waals surface area contributed by atoms with Crippen molar-refractivity contribution in [2.45, 2.75) is 26.6 Å². The van der Waals surface area contributed by atoms with Crippen molar-refractivity contribution in [1.29, 1.82) is 0 Å². The standard InChI is InChI=1S/C17H21FN2/c1-2-20(12-14-6-4-3-5-7-14)13-15-8-9-17(18)10-16(15)11-19/h3-10H,2,11-13,19H2,1H3. The zero-order valence-corrected chi connectivity index (χ0v) is 11.8. The van der Waals surface area contributed by atoms with E-state index < -0.39 is 0 Å². The van der Waals surface area contributed by atoms with Crippen LogP contribution in [0.1, 0.15) is 23.6 Å². The third-order valence-corrected chi connectivity index (χ3v) is 3.48. The molecule has 2 nitrogen and oxygen atoms in total. The molecule has 0 saturated carbocycles. The summed E-state index contributed by atoms with van der Waals surface area (Å²) in [6, 6.07) is 15.2. The van der Waals surface area contributed by atoms with Crippen molar-refractivity contribution in [2.24, 2.45) is 5.73 Å². The first-order valence-corrected chi connectivity index (χ1v) is 6.96. The minimum Gasteiger partial charge on any atom is -0.326 e. The number of hydrogen-bond acceptors (Lipinski definition) is 2. The van der Waals surface area contributed by atoms with Gasteiger partial charge in [-0.1, -0.05) is 43.3 Å². The molecule has 0 atom stereocenters. The summed E-state index contributed by atoms with van der Waals surface area (Å²) in [6.45, 7) is 5.12. The molecule has 0 bridgehead atoms. The Morgan fingerprint density at radius 3 is 2.40 bits per heavy atom. The average Bonchev–Trinajstić information content (AvgIpc) is 2.49. The lowest BCUT2D eigenvalue weighted by atomic mass is 10.1. The van der Waals surface area contributed by atoms with Gasteiger partial charge in [-0.25, -0.2) is 4.39 Å². The van der Waals surface area contributed by atoms with Gasteiger partial charge in [-0.3, -0.25) is 4.90 Å². The average molecular weight is 272 g/mol. The van der Waals surface area contributed by atoms with Gasteiger partial charge in [0.25, 0.3) is 0 Å². The molecule has 0 aromatic heterocycles. The molecule has 0 heterocycles. The molecule has 20 heavy (non-hydrogen) atoms. The van der Waals surface area contributed by atoms with E-state index in [2.05, 4.69) is 24.0 Å². The zero-order chi connectivity index (χ0) is 14.4. The molecule has 2 N–H and O–H groups in total.